The zero-order chi connectivity index (χ0) is 14.8. The molecule has 1 aliphatic heterocycles. The summed E-state index contributed by atoms with van der Waals surface area (Å²) in [7, 11) is 0. The topological polar surface area (TPSA) is 64.1 Å². The van der Waals surface area contributed by atoms with Crippen LogP contribution in [0.1, 0.15) is 32.9 Å². The third kappa shape index (κ3) is 3.21. The zero-order valence-electron chi connectivity index (χ0n) is 12.0. The lowest BCUT2D eigenvalue weighted by molar-refractivity contribution is 0.0954. The fraction of sp³-hybridized carbons (Fsp3) is 0.400. The Bertz CT molecular complexity index is 669. The van der Waals surface area contributed by atoms with Gasteiger partial charge in [-0.3, -0.25) is 4.79 Å². The van der Waals surface area contributed by atoms with E-state index in [2.05, 4.69) is 15.5 Å². The van der Waals surface area contributed by atoms with E-state index in [9.17, 15) is 4.79 Å². The molecule has 6 heteroatoms. The largest absolute Gasteiger partial charge is 0.490 e. The molecule has 0 saturated heterocycles. The summed E-state index contributed by atoms with van der Waals surface area (Å²) in [6.45, 7) is 4.52. The molecule has 1 unspecified atom stereocenters. The molecule has 2 aromatic rings. The number of hydrogen-bond acceptors (Lipinski definition) is 5. The van der Waals surface area contributed by atoms with Crippen LogP contribution in [0.15, 0.2) is 18.2 Å². The highest BCUT2D eigenvalue weighted by Crippen LogP contribution is 2.29. The molecule has 0 aliphatic carbocycles. The van der Waals surface area contributed by atoms with Gasteiger partial charge < -0.3 is 10.1 Å². The van der Waals surface area contributed by atoms with Gasteiger partial charge in [-0.2, -0.15) is 0 Å². The Balaban J connectivity index is 1.57. The Morgan fingerprint density at radius 1 is 1.48 bits per heavy atom. The van der Waals surface area contributed by atoms with Crippen LogP contribution < -0.4 is 10.1 Å². The molecular formula is C15H17N3O2S. The van der Waals surface area contributed by atoms with E-state index in [0.717, 1.165) is 27.7 Å². The predicted octanol–water partition coefficient (Wildman–Crippen LogP) is 2.14. The number of fused-ring (bicyclic) bond motifs is 1. The number of hydrogen-bond donors (Lipinski definition) is 1. The fourth-order valence-corrected chi connectivity index (χ4v) is 3.10. The van der Waals surface area contributed by atoms with Crippen molar-refractivity contribution < 1.29 is 9.53 Å². The molecule has 0 saturated carbocycles. The van der Waals surface area contributed by atoms with Crippen LogP contribution in [0.4, 0.5) is 0 Å². The van der Waals surface area contributed by atoms with Crippen LogP contribution in [0.5, 0.6) is 5.75 Å². The highest BCUT2D eigenvalue weighted by atomic mass is 32.1. The van der Waals surface area contributed by atoms with Gasteiger partial charge in [-0.25, -0.2) is 0 Å². The summed E-state index contributed by atoms with van der Waals surface area (Å²) >= 11 is 1.56. The monoisotopic (exact) mass is 303 g/mol. The number of carbonyl (C=O) groups excluding carboxylic acids is 1. The number of nitrogens with one attached hydrogen (secondary N) is 1. The van der Waals surface area contributed by atoms with Gasteiger partial charge in [0, 0.05) is 24.9 Å². The lowest BCUT2D eigenvalue weighted by Crippen LogP contribution is -2.25. The number of rotatable bonds is 4. The van der Waals surface area contributed by atoms with Crippen molar-refractivity contribution >= 4 is 17.2 Å². The molecule has 0 bridgehead atoms. The lowest BCUT2D eigenvalue weighted by atomic mass is 10.1. The minimum absolute atomic E-state index is 0.0569. The first-order valence-corrected chi connectivity index (χ1v) is 7.80. The van der Waals surface area contributed by atoms with Gasteiger partial charge in [-0.05, 0) is 37.6 Å². The van der Waals surface area contributed by atoms with E-state index in [0.29, 0.717) is 18.5 Å². The maximum Gasteiger partial charge on any atom is 0.251 e. The third-order valence-corrected chi connectivity index (χ3v) is 4.25. The summed E-state index contributed by atoms with van der Waals surface area (Å²) in [5.74, 6) is 0.835. The van der Waals surface area contributed by atoms with Crippen molar-refractivity contribution in [2.24, 2.45) is 0 Å². The van der Waals surface area contributed by atoms with Gasteiger partial charge in [-0.1, -0.05) is 0 Å². The Hall–Kier alpha value is -1.95. The van der Waals surface area contributed by atoms with Crippen molar-refractivity contribution in [1.29, 1.82) is 0 Å². The van der Waals surface area contributed by atoms with E-state index in [4.69, 9.17) is 4.74 Å². The van der Waals surface area contributed by atoms with Gasteiger partial charge in [0.1, 0.15) is 21.9 Å². The molecule has 1 aromatic carbocycles. The molecule has 110 valence electrons. The molecule has 1 amide bonds. The molecule has 2 heterocycles. The minimum atomic E-state index is -0.0569. The Morgan fingerprint density at radius 3 is 3.10 bits per heavy atom. The van der Waals surface area contributed by atoms with Crippen molar-refractivity contribution in [2.45, 2.75) is 32.8 Å². The summed E-state index contributed by atoms with van der Waals surface area (Å²) in [4.78, 5) is 12.1. The van der Waals surface area contributed by atoms with E-state index in [1.165, 1.54) is 0 Å². The van der Waals surface area contributed by atoms with Crippen molar-refractivity contribution in [3.05, 3.63) is 39.3 Å². The molecule has 0 fully saturated rings. The summed E-state index contributed by atoms with van der Waals surface area (Å²) in [6.07, 6.45) is 1.77. The average molecular weight is 303 g/mol. The molecule has 3 rings (SSSR count). The first kappa shape index (κ1) is 14.0. The van der Waals surface area contributed by atoms with Gasteiger partial charge in [0.2, 0.25) is 0 Å². The van der Waals surface area contributed by atoms with Crippen LogP contribution in [0, 0.1) is 6.92 Å². The number of amides is 1. The quantitative estimate of drug-likeness (QED) is 0.940. The maximum atomic E-state index is 12.1. The Labute approximate surface area is 127 Å². The molecule has 21 heavy (non-hydrogen) atoms. The molecule has 0 spiro atoms. The molecule has 1 aromatic heterocycles. The van der Waals surface area contributed by atoms with E-state index >= 15 is 0 Å². The summed E-state index contributed by atoms with van der Waals surface area (Å²) < 4.78 is 5.64. The van der Waals surface area contributed by atoms with Crippen LogP contribution in [-0.4, -0.2) is 28.8 Å². The van der Waals surface area contributed by atoms with E-state index in [1.54, 1.807) is 17.4 Å². The number of aryl methyl sites for hydroxylation is 1. The van der Waals surface area contributed by atoms with Crippen molar-refractivity contribution in [3.8, 4) is 5.75 Å². The number of carbonyl (C=O) groups is 1. The number of ether oxygens (including phenoxy) is 1. The van der Waals surface area contributed by atoms with Crippen LogP contribution in [0.25, 0.3) is 0 Å². The number of benzene rings is 1. The van der Waals surface area contributed by atoms with Crippen LogP contribution >= 0.6 is 11.3 Å². The smallest absolute Gasteiger partial charge is 0.251 e. The molecule has 1 aliphatic rings. The van der Waals surface area contributed by atoms with Gasteiger partial charge in [0.05, 0.1) is 0 Å². The third-order valence-electron chi connectivity index (χ3n) is 3.35. The standard InChI is InChI=1S/C15H17N3O2S/c1-9-7-12-8-11(3-4-13(12)20-9)15(19)16-6-5-14-18-17-10(2)21-14/h3-4,8-9H,5-7H2,1-2H3,(H,16,19). The molecule has 5 nitrogen and oxygen atoms in total. The van der Waals surface area contributed by atoms with Crippen LogP contribution in [-0.2, 0) is 12.8 Å². The second kappa shape index (κ2) is 5.81. The summed E-state index contributed by atoms with van der Waals surface area (Å²) in [5.41, 5.74) is 1.79. The first-order valence-electron chi connectivity index (χ1n) is 6.98. The Kier molecular flexibility index (Phi) is 3.88. The second-order valence-electron chi connectivity index (χ2n) is 5.18. The van der Waals surface area contributed by atoms with Crippen molar-refractivity contribution in [3.63, 3.8) is 0 Å². The number of aromatic nitrogens is 2. The Morgan fingerprint density at radius 2 is 2.33 bits per heavy atom. The molecule has 1 N–H and O–H groups in total. The minimum Gasteiger partial charge on any atom is -0.490 e. The van der Waals surface area contributed by atoms with Crippen molar-refractivity contribution in [1.82, 2.24) is 15.5 Å². The zero-order valence-corrected chi connectivity index (χ0v) is 12.9. The van der Waals surface area contributed by atoms with Gasteiger partial charge >= 0.3 is 0 Å². The van der Waals surface area contributed by atoms with E-state index in [1.807, 2.05) is 26.0 Å². The average Bonchev–Trinajstić information content (AvgIpc) is 3.02. The van der Waals surface area contributed by atoms with Crippen molar-refractivity contribution in [2.75, 3.05) is 6.54 Å². The number of nitrogens with zero attached hydrogens (tertiary/aromatic N) is 2. The van der Waals surface area contributed by atoms with Gasteiger partial charge in [0.15, 0.2) is 0 Å². The SMILES string of the molecule is Cc1nnc(CCNC(=O)c2ccc3c(c2)CC(C)O3)s1. The molecular weight excluding hydrogens is 286 g/mol. The summed E-state index contributed by atoms with van der Waals surface area (Å²) in [5, 5.41) is 12.8. The molecule has 0 radical (unpaired) electrons. The highest BCUT2D eigenvalue weighted by molar-refractivity contribution is 7.11. The fourth-order valence-electron chi connectivity index (χ4n) is 2.39. The molecule has 1 atom stereocenters. The predicted molar refractivity (Wildman–Crippen MR) is 80.9 cm³/mol. The van der Waals surface area contributed by atoms with Gasteiger partial charge in [0.25, 0.3) is 5.91 Å². The first-order chi connectivity index (χ1) is 10.1. The van der Waals surface area contributed by atoms with Crippen LogP contribution in [0.3, 0.4) is 0 Å². The van der Waals surface area contributed by atoms with E-state index in [-0.39, 0.29) is 12.0 Å². The second-order valence-corrected chi connectivity index (χ2v) is 6.44. The summed E-state index contributed by atoms with van der Waals surface area (Å²) in [6, 6.07) is 5.60. The van der Waals surface area contributed by atoms with Gasteiger partial charge in [-0.15, -0.1) is 21.5 Å². The normalized spacial score (nSPS) is 16.4. The van der Waals surface area contributed by atoms with E-state index < -0.39 is 0 Å². The lowest BCUT2D eigenvalue weighted by Gasteiger charge is -2.05. The maximum absolute atomic E-state index is 12.1. The van der Waals surface area contributed by atoms with Crippen LogP contribution in [0.2, 0.25) is 0 Å². The highest BCUT2D eigenvalue weighted by Gasteiger charge is 2.20.